The van der Waals surface area contributed by atoms with Crippen LogP contribution >= 0.6 is 24.0 Å². The molecule has 1 aromatic rings. The van der Waals surface area contributed by atoms with Crippen LogP contribution in [0.5, 0.6) is 0 Å². The number of hydrogen-bond donors (Lipinski definition) is 1. The molecular formula is C18H31IN4O. The molecule has 0 unspecified atom stereocenters. The molecule has 0 spiro atoms. The van der Waals surface area contributed by atoms with Crippen LogP contribution in [0.4, 0.5) is 0 Å². The van der Waals surface area contributed by atoms with Gasteiger partial charge in [-0.25, -0.2) is 0 Å². The monoisotopic (exact) mass is 446 g/mol. The summed E-state index contributed by atoms with van der Waals surface area (Å²) >= 11 is 0. The average molecular weight is 446 g/mol. The molecule has 0 bridgehead atoms. The van der Waals surface area contributed by atoms with Gasteiger partial charge in [0.25, 0.3) is 0 Å². The molecule has 1 heterocycles. The highest BCUT2D eigenvalue weighted by molar-refractivity contribution is 14.0. The highest BCUT2D eigenvalue weighted by Crippen LogP contribution is 2.25. The highest BCUT2D eigenvalue weighted by Gasteiger charge is 2.35. The number of hydrogen-bond acceptors (Lipinski definition) is 3. The van der Waals surface area contributed by atoms with Crippen molar-refractivity contribution in [2.75, 3.05) is 47.9 Å². The fourth-order valence-electron chi connectivity index (χ4n) is 3.09. The van der Waals surface area contributed by atoms with E-state index in [1.807, 2.05) is 13.1 Å². The fourth-order valence-corrected chi connectivity index (χ4v) is 3.09. The highest BCUT2D eigenvalue weighted by atomic mass is 127. The standard InChI is InChI=1S/C18H30N4O.HI/c1-19-17(22(4)14-16-8-6-5-7-9-16)20-15-18(21(2)3)10-12-23-13-11-18;/h5-9H,10-15H2,1-4H3,(H,19,20);1H. The number of nitrogens with zero attached hydrogens (tertiary/aromatic N) is 3. The third-order valence-electron chi connectivity index (χ3n) is 4.78. The van der Waals surface area contributed by atoms with Gasteiger partial charge in [-0.2, -0.15) is 0 Å². The number of guanidine groups is 1. The number of likely N-dealkylation sites (N-methyl/N-ethyl adjacent to an activating group) is 1. The largest absolute Gasteiger partial charge is 0.381 e. The maximum absolute atomic E-state index is 5.54. The minimum Gasteiger partial charge on any atom is -0.381 e. The quantitative estimate of drug-likeness (QED) is 0.429. The molecule has 136 valence electrons. The maximum atomic E-state index is 5.54. The van der Waals surface area contributed by atoms with E-state index in [-0.39, 0.29) is 29.5 Å². The van der Waals surface area contributed by atoms with E-state index in [9.17, 15) is 0 Å². The lowest BCUT2D eigenvalue weighted by Crippen LogP contribution is -2.57. The summed E-state index contributed by atoms with van der Waals surface area (Å²) in [5.74, 6) is 0.932. The predicted molar refractivity (Wildman–Crippen MR) is 111 cm³/mol. The van der Waals surface area contributed by atoms with Crippen LogP contribution in [-0.2, 0) is 11.3 Å². The fraction of sp³-hybridized carbons (Fsp3) is 0.611. The zero-order valence-electron chi connectivity index (χ0n) is 15.3. The molecule has 0 saturated carbocycles. The molecule has 1 fully saturated rings. The van der Waals surface area contributed by atoms with Gasteiger partial charge in [0.2, 0.25) is 0 Å². The molecule has 2 rings (SSSR count). The molecule has 0 amide bonds. The van der Waals surface area contributed by atoms with E-state index < -0.39 is 0 Å². The summed E-state index contributed by atoms with van der Waals surface area (Å²) in [5.41, 5.74) is 1.42. The zero-order chi connectivity index (χ0) is 16.7. The van der Waals surface area contributed by atoms with Gasteiger partial charge < -0.3 is 19.9 Å². The van der Waals surface area contributed by atoms with Crippen molar-refractivity contribution in [2.45, 2.75) is 24.9 Å². The van der Waals surface area contributed by atoms with Crippen molar-refractivity contribution < 1.29 is 4.74 Å². The summed E-state index contributed by atoms with van der Waals surface area (Å²) in [4.78, 5) is 8.93. The van der Waals surface area contributed by atoms with Gasteiger partial charge in [0.1, 0.15) is 0 Å². The Morgan fingerprint density at radius 2 is 1.79 bits per heavy atom. The Bertz CT molecular complexity index is 501. The molecule has 24 heavy (non-hydrogen) atoms. The van der Waals surface area contributed by atoms with Gasteiger partial charge >= 0.3 is 0 Å². The topological polar surface area (TPSA) is 40.1 Å². The van der Waals surface area contributed by atoms with Crippen molar-refractivity contribution in [3.63, 3.8) is 0 Å². The van der Waals surface area contributed by atoms with Crippen molar-refractivity contribution in [1.29, 1.82) is 0 Å². The third kappa shape index (κ3) is 5.60. The average Bonchev–Trinajstić information content (AvgIpc) is 2.57. The zero-order valence-corrected chi connectivity index (χ0v) is 17.6. The Morgan fingerprint density at radius 3 is 2.33 bits per heavy atom. The lowest BCUT2D eigenvalue weighted by Gasteiger charge is -2.43. The summed E-state index contributed by atoms with van der Waals surface area (Å²) in [5, 5.41) is 3.56. The Hall–Kier alpha value is -0.860. The number of ether oxygens (including phenoxy) is 1. The second kappa shape index (κ2) is 10.2. The van der Waals surface area contributed by atoms with Gasteiger partial charge in [-0.15, -0.1) is 24.0 Å². The second-order valence-electron chi connectivity index (χ2n) is 6.47. The molecule has 1 saturated heterocycles. The molecule has 1 N–H and O–H groups in total. The van der Waals surface area contributed by atoms with Crippen LogP contribution in [0.25, 0.3) is 0 Å². The van der Waals surface area contributed by atoms with E-state index in [0.29, 0.717) is 0 Å². The van der Waals surface area contributed by atoms with Crippen molar-refractivity contribution in [3.8, 4) is 0 Å². The first-order valence-electron chi connectivity index (χ1n) is 8.28. The van der Waals surface area contributed by atoms with Gasteiger partial charge in [0, 0.05) is 45.9 Å². The van der Waals surface area contributed by atoms with E-state index in [1.165, 1.54) is 5.56 Å². The first-order valence-corrected chi connectivity index (χ1v) is 8.28. The summed E-state index contributed by atoms with van der Waals surface area (Å²) < 4.78 is 5.54. The molecule has 0 radical (unpaired) electrons. The van der Waals surface area contributed by atoms with Gasteiger partial charge in [-0.1, -0.05) is 30.3 Å². The van der Waals surface area contributed by atoms with Crippen molar-refractivity contribution in [2.24, 2.45) is 4.99 Å². The molecule has 1 aliphatic rings. The number of benzene rings is 1. The molecule has 5 nitrogen and oxygen atoms in total. The van der Waals surface area contributed by atoms with Crippen LogP contribution in [0.15, 0.2) is 35.3 Å². The summed E-state index contributed by atoms with van der Waals surface area (Å²) in [6.07, 6.45) is 2.10. The Balaban J connectivity index is 0.00000288. The van der Waals surface area contributed by atoms with Crippen LogP contribution in [0.1, 0.15) is 18.4 Å². The first kappa shape index (κ1) is 21.2. The first-order chi connectivity index (χ1) is 11.1. The minimum atomic E-state index is 0. The number of halogens is 1. The van der Waals surface area contributed by atoms with Gasteiger partial charge in [0.05, 0.1) is 0 Å². The van der Waals surface area contributed by atoms with Gasteiger partial charge in [-0.3, -0.25) is 4.99 Å². The van der Waals surface area contributed by atoms with Crippen molar-refractivity contribution in [1.82, 2.24) is 15.1 Å². The summed E-state index contributed by atoms with van der Waals surface area (Å²) in [6.45, 7) is 3.39. The van der Waals surface area contributed by atoms with Gasteiger partial charge in [-0.05, 0) is 32.5 Å². The second-order valence-corrected chi connectivity index (χ2v) is 6.47. The van der Waals surface area contributed by atoms with E-state index in [1.54, 1.807) is 0 Å². The number of rotatable bonds is 5. The Kier molecular flexibility index (Phi) is 9.01. The Labute approximate surface area is 163 Å². The number of nitrogens with one attached hydrogen (secondary N) is 1. The molecular weight excluding hydrogens is 415 g/mol. The number of aliphatic imine (C=N–C) groups is 1. The van der Waals surface area contributed by atoms with Gasteiger partial charge in [0.15, 0.2) is 5.96 Å². The molecule has 0 atom stereocenters. The van der Waals surface area contributed by atoms with E-state index in [0.717, 1.165) is 45.1 Å². The van der Waals surface area contributed by atoms with E-state index in [4.69, 9.17) is 4.74 Å². The van der Waals surface area contributed by atoms with Crippen molar-refractivity contribution >= 4 is 29.9 Å². The molecule has 6 heteroatoms. The van der Waals surface area contributed by atoms with Crippen LogP contribution in [-0.4, -0.2) is 69.2 Å². The van der Waals surface area contributed by atoms with Crippen LogP contribution in [0.3, 0.4) is 0 Å². The van der Waals surface area contributed by atoms with E-state index >= 15 is 0 Å². The van der Waals surface area contributed by atoms with Crippen LogP contribution in [0.2, 0.25) is 0 Å². The van der Waals surface area contributed by atoms with E-state index in [2.05, 4.69) is 65.5 Å². The Morgan fingerprint density at radius 1 is 1.17 bits per heavy atom. The molecule has 0 aliphatic carbocycles. The summed E-state index contributed by atoms with van der Waals surface area (Å²) in [6, 6.07) is 10.5. The SMILES string of the molecule is CN=C(NCC1(N(C)C)CCOCC1)N(C)Cc1ccccc1.I. The smallest absolute Gasteiger partial charge is 0.193 e. The molecule has 1 aliphatic heterocycles. The molecule has 1 aromatic carbocycles. The minimum absolute atomic E-state index is 0. The lowest BCUT2D eigenvalue weighted by molar-refractivity contribution is -0.00522. The summed E-state index contributed by atoms with van der Waals surface area (Å²) in [7, 11) is 8.23. The normalized spacial score (nSPS) is 17.3. The van der Waals surface area contributed by atoms with Crippen LogP contribution in [0, 0.1) is 0 Å². The maximum Gasteiger partial charge on any atom is 0.193 e. The molecule has 0 aromatic heterocycles. The van der Waals surface area contributed by atoms with Crippen LogP contribution < -0.4 is 5.32 Å². The predicted octanol–water partition coefficient (Wildman–Crippen LogP) is 2.42. The third-order valence-corrected chi connectivity index (χ3v) is 4.78. The van der Waals surface area contributed by atoms with Crippen molar-refractivity contribution in [3.05, 3.63) is 35.9 Å². The lowest BCUT2D eigenvalue weighted by atomic mass is 9.88.